The van der Waals surface area contributed by atoms with E-state index in [1.165, 1.54) is 19.3 Å². The molecule has 0 spiro atoms. The van der Waals surface area contributed by atoms with E-state index in [-0.39, 0.29) is 6.61 Å². The van der Waals surface area contributed by atoms with E-state index in [2.05, 4.69) is 10.4 Å². The molecule has 0 amide bonds. The lowest BCUT2D eigenvalue weighted by Crippen LogP contribution is -2.26. The minimum absolute atomic E-state index is 0.143. The molecule has 1 fully saturated rings. The van der Waals surface area contributed by atoms with Crippen molar-refractivity contribution in [3.63, 3.8) is 0 Å². The van der Waals surface area contributed by atoms with Crippen molar-refractivity contribution in [3.8, 4) is 0 Å². The number of nitrogens with zero attached hydrogens (tertiary/aromatic N) is 2. The molecule has 2 N–H and O–H groups in total. The highest BCUT2D eigenvalue weighted by molar-refractivity contribution is 5.39. The number of hydrogen-bond donors (Lipinski definition) is 2. The van der Waals surface area contributed by atoms with E-state index in [0.717, 1.165) is 5.69 Å². The summed E-state index contributed by atoms with van der Waals surface area (Å²) in [4.78, 5) is 0. The Morgan fingerprint density at radius 1 is 1.62 bits per heavy atom. The Hall–Kier alpha value is -1.03. The number of aromatic nitrogens is 2. The van der Waals surface area contributed by atoms with Crippen LogP contribution in [0, 0.1) is 0 Å². The molecular weight excluding hydrogens is 166 g/mol. The van der Waals surface area contributed by atoms with Gasteiger partial charge in [-0.25, -0.2) is 0 Å². The highest BCUT2D eigenvalue weighted by Crippen LogP contribution is 2.22. The largest absolute Gasteiger partial charge is 0.394 e. The maximum atomic E-state index is 8.69. The number of aliphatic hydroxyl groups excluding tert-OH is 1. The summed E-state index contributed by atoms with van der Waals surface area (Å²) in [5, 5.41) is 16.2. The van der Waals surface area contributed by atoms with Crippen LogP contribution in [-0.4, -0.2) is 27.5 Å². The average molecular weight is 181 g/mol. The molecule has 1 aliphatic rings. The van der Waals surface area contributed by atoms with E-state index in [1.807, 2.05) is 12.4 Å². The second-order valence-electron chi connectivity index (χ2n) is 3.49. The molecule has 0 saturated heterocycles. The Bertz CT molecular complexity index is 268. The van der Waals surface area contributed by atoms with Crippen LogP contribution < -0.4 is 5.32 Å². The first kappa shape index (κ1) is 8.56. The number of aliphatic hydroxyl groups is 1. The Balaban J connectivity index is 1.88. The van der Waals surface area contributed by atoms with Crippen molar-refractivity contribution in [2.75, 3.05) is 11.9 Å². The molecule has 0 bridgehead atoms. The maximum Gasteiger partial charge on any atom is 0.0728 e. The summed E-state index contributed by atoms with van der Waals surface area (Å²) in [6.07, 6.45) is 7.63. The first-order chi connectivity index (χ1) is 6.38. The summed E-state index contributed by atoms with van der Waals surface area (Å²) in [7, 11) is 0. The molecule has 4 nitrogen and oxygen atoms in total. The van der Waals surface area contributed by atoms with Gasteiger partial charge in [-0.05, 0) is 19.3 Å². The van der Waals surface area contributed by atoms with Gasteiger partial charge in [0.2, 0.25) is 0 Å². The van der Waals surface area contributed by atoms with Crippen molar-refractivity contribution in [2.24, 2.45) is 0 Å². The second-order valence-corrected chi connectivity index (χ2v) is 3.49. The molecule has 13 heavy (non-hydrogen) atoms. The molecule has 1 aromatic rings. The third kappa shape index (κ3) is 2.01. The van der Waals surface area contributed by atoms with Crippen molar-refractivity contribution in [1.82, 2.24) is 9.78 Å². The zero-order chi connectivity index (χ0) is 9.10. The second kappa shape index (κ2) is 3.79. The third-order valence-corrected chi connectivity index (χ3v) is 2.44. The van der Waals surface area contributed by atoms with Gasteiger partial charge in [0.15, 0.2) is 0 Å². The lowest BCUT2D eigenvalue weighted by atomic mass is 9.93. The molecule has 1 aromatic heterocycles. The molecule has 0 unspecified atom stereocenters. The molecule has 0 atom stereocenters. The minimum Gasteiger partial charge on any atom is -0.394 e. The first-order valence-corrected chi connectivity index (χ1v) is 4.78. The smallest absolute Gasteiger partial charge is 0.0728 e. The van der Waals surface area contributed by atoms with Crippen LogP contribution >= 0.6 is 0 Å². The van der Waals surface area contributed by atoms with Crippen LogP contribution in [0.4, 0.5) is 5.69 Å². The lowest BCUT2D eigenvalue weighted by molar-refractivity contribution is 0.269. The molecule has 1 saturated carbocycles. The topological polar surface area (TPSA) is 50.1 Å². The summed E-state index contributed by atoms with van der Waals surface area (Å²) < 4.78 is 1.75. The molecule has 2 rings (SSSR count). The van der Waals surface area contributed by atoms with Gasteiger partial charge in [0.25, 0.3) is 0 Å². The summed E-state index contributed by atoms with van der Waals surface area (Å²) in [6.45, 7) is 0.719. The van der Waals surface area contributed by atoms with Gasteiger partial charge >= 0.3 is 0 Å². The predicted molar refractivity (Wildman–Crippen MR) is 50.6 cm³/mol. The van der Waals surface area contributed by atoms with Crippen molar-refractivity contribution in [2.45, 2.75) is 31.8 Å². The molecule has 4 heteroatoms. The van der Waals surface area contributed by atoms with Crippen molar-refractivity contribution in [1.29, 1.82) is 0 Å². The predicted octanol–water partition coefficient (Wildman–Crippen LogP) is 0.840. The van der Waals surface area contributed by atoms with E-state index in [0.29, 0.717) is 12.6 Å². The fourth-order valence-corrected chi connectivity index (χ4v) is 1.45. The Morgan fingerprint density at radius 2 is 2.46 bits per heavy atom. The molecule has 1 heterocycles. The van der Waals surface area contributed by atoms with E-state index >= 15 is 0 Å². The monoisotopic (exact) mass is 181 g/mol. The van der Waals surface area contributed by atoms with Gasteiger partial charge in [-0.3, -0.25) is 4.68 Å². The van der Waals surface area contributed by atoms with Crippen molar-refractivity contribution >= 4 is 5.69 Å². The van der Waals surface area contributed by atoms with Gasteiger partial charge in [-0.2, -0.15) is 5.10 Å². The molecule has 0 aromatic carbocycles. The summed E-state index contributed by atoms with van der Waals surface area (Å²) in [5.41, 5.74) is 1.07. The first-order valence-electron chi connectivity index (χ1n) is 4.78. The molecule has 72 valence electrons. The van der Waals surface area contributed by atoms with Gasteiger partial charge in [0.1, 0.15) is 0 Å². The van der Waals surface area contributed by atoms with E-state index in [1.54, 1.807) is 4.68 Å². The quantitative estimate of drug-likeness (QED) is 0.723. The number of rotatable bonds is 4. The summed E-state index contributed by atoms with van der Waals surface area (Å²) in [5.74, 6) is 0. The van der Waals surface area contributed by atoms with E-state index in [4.69, 9.17) is 5.11 Å². The van der Waals surface area contributed by atoms with Crippen LogP contribution in [0.25, 0.3) is 0 Å². The van der Waals surface area contributed by atoms with Crippen LogP contribution in [0.15, 0.2) is 12.4 Å². The average Bonchev–Trinajstić information content (AvgIpc) is 2.46. The minimum atomic E-state index is 0.143. The SMILES string of the molecule is OCCn1cc(NC2CCC2)cn1. The summed E-state index contributed by atoms with van der Waals surface area (Å²) in [6, 6.07) is 0.645. The third-order valence-electron chi connectivity index (χ3n) is 2.44. The standard InChI is InChI=1S/C9H15N3O/c13-5-4-12-7-9(6-10-12)11-8-2-1-3-8/h6-8,11,13H,1-5H2. The Morgan fingerprint density at radius 3 is 3.08 bits per heavy atom. The van der Waals surface area contributed by atoms with Crippen LogP contribution in [0.5, 0.6) is 0 Å². The van der Waals surface area contributed by atoms with Gasteiger partial charge in [0, 0.05) is 12.2 Å². The normalized spacial score (nSPS) is 17.0. The van der Waals surface area contributed by atoms with Crippen LogP contribution in [0.1, 0.15) is 19.3 Å². The number of anilines is 1. The molecule has 0 radical (unpaired) electrons. The molecule has 0 aliphatic heterocycles. The lowest BCUT2D eigenvalue weighted by Gasteiger charge is -2.26. The number of nitrogens with one attached hydrogen (secondary N) is 1. The highest BCUT2D eigenvalue weighted by atomic mass is 16.3. The Kier molecular flexibility index (Phi) is 2.49. The van der Waals surface area contributed by atoms with Crippen LogP contribution in [0.3, 0.4) is 0 Å². The fraction of sp³-hybridized carbons (Fsp3) is 0.667. The Labute approximate surface area is 77.6 Å². The van der Waals surface area contributed by atoms with E-state index in [9.17, 15) is 0 Å². The van der Waals surface area contributed by atoms with Gasteiger partial charge in [-0.1, -0.05) is 0 Å². The van der Waals surface area contributed by atoms with Crippen LogP contribution in [-0.2, 0) is 6.54 Å². The van der Waals surface area contributed by atoms with Gasteiger partial charge < -0.3 is 10.4 Å². The summed E-state index contributed by atoms with van der Waals surface area (Å²) >= 11 is 0. The fourth-order valence-electron chi connectivity index (χ4n) is 1.45. The van der Waals surface area contributed by atoms with Gasteiger partial charge in [0.05, 0.1) is 25.0 Å². The van der Waals surface area contributed by atoms with E-state index < -0.39 is 0 Å². The molecule has 1 aliphatic carbocycles. The molecular formula is C9H15N3O. The zero-order valence-electron chi connectivity index (χ0n) is 7.61. The highest BCUT2D eigenvalue weighted by Gasteiger charge is 2.17. The van der Waals surface area contributed by atoms with Crippen molar-refractivity contribution in [3.05, 3.63) is 12.4 Å². The van der Waals surface area contributed by atoms with Crippen molar-refractivity contribution < 1.29 is 5.11 Å². The maximum absolute atomic E-state index is 8.69. The zero-order valence-corrected chi connectivity index (χ0v) is 7.61. The number of hydrogen-bond acceptors (Lipinski definition) is 3. The van der Waals surface area contributed by atoms with Gasteiger partial charge in [-0.15, -0.1) is 0 Å². The van der Waals surface area contributed by atoms with Crippen LogP contribution in [0.2, 0.25) is 0 Å².